The van der Waals surface area contributed by atoms with Crippen LogP contribution in [0.5, 0.6) is 0 Å². The van der Waals surface area contributed by atoms with Gasteiger partial charge in [-0.2, -0.15) is 0 Å². The van der Waals surface area contributed by atoms with Crippen LogP contribution in [-0.2, 0) is 15.6 Å². The summed E-state index contributed by atoms with van der Waals surface area (Å²) in [6, 6.07) is 2.64. The van der Waals surface area contributed by atoms with Gasteiger partial charge in [0.25, 0.3) is 0 Å². The second-order valence-electron chi connectivity index (χ2n) is 3.64. The van der Waals surface area contributed by atoms with E-state index in [-0.39, 0.29) is 5.56 Å². The van der Waals surface area contributed by atoms with Gasteiger partial charge in [-0.15, -0.1) is 0 Å². The molecule has 1 N–H and O–H groups in total. The zero-order chi connectivity index (χ0) is 12.3. The van der Waals surface area contributed by atoms with Crippen LogP contribution in [0.2, 0.25) is 0 Å². The number of benzene rings is 1. The molecule has 0 aliphatic carbocycles. The number of sulfone groups is 1. The van der Waals surface area contributed by atoms with E-state index in [0.717, 1.165) is 18.2 Å². The highest BCUT2D eigenvalue weighted by atomic mass is 32.2. The predicted octanol–water partition coefficient (Wildman–Crippen LogP) is 1.26. The maximum absolute atomic E-state index is 13.1. The summed E-state index contributed by atoms with van der Waals surface area (Å²) in [5, 5.41) is 8.94. The lowest BCUT2D eigenvalue weighted by Crippen LogP contribution is -2.19. The van der Waals surface area contributed by atoms with Crippen LogP contribution in [0, 0.1) is 11.6 Å². The van der Waals surface area contributed by atoms with Gasteiger partial charge in [-0.05, 0) is 25.1 Å². The van der Waals surface area contributed by atoms with Gasteiger partial charge in [0.1, 0.15) is 11.6 Å². The second kappa shape index (κ2) is 4.88. The largest absolute Gasteiger partial charge is 0.392 e. The molecule has 1 rings (SSSR count). The number of hydrogen-bond donors (Lipinski definition) is 1. The molecule has 0 saturated carbocycles. The molecule has 1 aromatic rings. The fourth-order valence-corrected chi connectivity index (χ4v) is 2.87. The summed E-state index contributed by atoms with van der Waals surface area (Å²) in [5.74, 6) is -2.54. The smallest absolute Gasteiger partial charge is 0.157 e. The number of aliphatic hydroxyl groups is 1. The normalized spacial score (nSPS) is 13.8. The highest BCUT2D eigenvalue weighted by Crippen LogP contribution is 2.14. The molecule has 0 heterocycles. The Labute approximate surface area is 92.6 Å². The molecular weight excluding hydrogens is 238 g/mol. The third-order valence-electron chi connectivity index (χ3n) is 1.88. The molecule has 0 bridgehead atoms. The predicted molar refractivity (Wildman–Crippen MR) is 55.5 cm³/mol. The Morgan fingerprint density at radius 3 is 2.56 bits per heavy atom. The summed E-state index contributed by atoms with van der Waals surface area (Å²) >= 11 is 0. The van der Waals surface area contributed by atoms with E-state index < -0.39 is 39.1 Å². The van der Waals surface area contributed by atoms with E-state index in [9.17, 15) is 17.2 Å². The molecule has 0 aliphatic rings. The first kappa shape index (κ1) is 13.1. The molecule has 0 aromatic heterocycles. The highest BCUT2D eigenvalue weighted by Gasteiger charge is 2.17. The van der Waals surface area contributed by atoms with Gasteiger partial charge in [0, 0.05) is 5.56 Å². The van der Waals surface area contributed by atoms with E-state index in [4.69, 9.17) is 5.11 Å². The van der Waals surface area contributed by atoms with Crippen molar-refractivity contribution < 1.29 is 22.3 Å². The number of aliphatic hydroxyl groups excluding tert-OH is 1. The van der Waals surface area contributed by atoms with Crippen molar-refractivity contribution in [1.29, 1.82) is 0 Å². The Bertz CT molecular complexity index is 469. The lowest BCUT2D eigenvalue weighted by Gasteiger charge is -2.07. The van der Waals surface area contributed by atoms with E-state index in [0.29, 0.717) is 0 Å². The van der Waals surface area contributed by atoms with Gasteiger partial charge >= 0.3 is 0 Å². The Hall–Kier alpha value is -1.01. The monoisotopic (exact) mass is 250 g/mol. The molecule has 16 heavy (non-hydrogen) atoms. The van der Waals surface area contributed by atoms with E-state index in [1.54, 1.807) is 0 Å². The molecule has 90 valence electrons. The molecule has 0 aliphatic heterocycles. The molecule has 0 fully saturated rings. The lowest BCUT2D eigenvalue weighted by molar-refractivity contribution is 0.218. The van der Waals surface area contributed by atoms with Gasteiger partial charge in [0.2, 0.25) is 0 Å². The van der Waals surface area contributed by atoms with E-state index in [2.05, 4.69) is 0 Å². The highest BCUT2D eigenvalue weighted by molar-refractivity contribution is 7.90. The van der Waals surface area contributed by atoms with Crippen LogP contribution in [-0.4, -0.2) is 25.4 Å². The Morgan fingerprint density at radius 2 is 2.00 bits per heavy atom. The van der Waals surface area contributed by atoms with Gasteiger partial charge < -0.3 is 5.11 Å². The lowest BCUT2D eigenvalue weighted by atomic mass is 10.2. The number of hydrogen-bond acceptors (Lipinski definition) is 3. The van der Waals surface area contributed by atoms with Crippen LogP contribution in [0.4, 0.5) is 8.78 Å². The first-order valence-electron chi connectivity index (χ1n) is 4.62. The van der Waals surface area contributed by atoms with Crippen LogP contribution in [0.1, 0.15) is 12.5 Å². The number of halogens is 2. The minimum atomic E-state index is -3.63. The Kier molecular flexibility index (Phi) is 3.98. The van der Waals surface area contributed by atoms with Crippen LogP contribution in [0.25, 0.3) is 0 Å². The van der Waals surface area contributed by atoms with Crippen molar-refractivity contribution >= 4 is 9.84 Å². The molecule has 0 amide bonds. The standard InChI is InChI=1S/C10H12F2O3S/c1-7(13)5-16(14,15)6-8-4-9(11)2-3-10(8)12/h2-4,7,13H,5-6H2,1H3. The Morgan fingerprint density at radius 1 is 1.38 bits per heavy atom. The zero-order valence-electron chi connectivity index (χ0n) is 8.65. The molecule has 0 radical (unpaired) electrons. The summed E-state index contributed by atoms with van der Waals surface area (Å²) < 4.78 is 48.8. The van der Waals surface area contributed by atoms with Crippen LogP contribution in [0.3, 0.4) is 0 Å². The molecule has 1 aromatic carbocycles. The van der Waals surface area contributed by atoms with Crippen molar-refractivity contribution in [3.63, 3.8) is 0 Å². The molecule has 1 unspecified atom stereocenters. The molecule has 1 atom stereocenters. The summed E-state index contributed by atoms with van der Waals surface area (Å²) in [5.41, 5.74) is -0.222. The molecule has 6 heteroatoms. The first-order chi connectivity index (χ1) is 7.30. The number of rotatable bonds is 4. The van der Waals surface area contributed by atoms with Gasteiger partial charge in [-0.25, -0.2) is 17.2 Å². The van der Waals surface area contributed by atoms with Crippen LogP contribution >= 0.6 is 0 Å². The quantitative estimate of drug-likeness (QED) is 0.875. The SMILES string of the molecule is CC(O)CS(=O)(=O)Cc1cc(F)ccc1F. The maximum atomic E-state index is 13.1. The summed E-state index contributed by atoms with van der Waals surface area (Å²) in [4.78, 5) is 0. The fraction of sp³-hybridized carbons (Fsp3) is 0.400. The first-order valence-corrected chi connectivity index (χ1v) is 6.45. The average Bonchev–Trinajstić information content (AvgIpc) is 2.08. The van der Waals surface area contributed by atoms with Crippen molar-refractivity contribution in [2.24, 2.45) is 0 Å². The van der Waals surface area contributed by atoms with Crippen LogP contribution < -0.4 is 0 Å². The third kappa shape index (κ3) is 3.86. The van der Waals surface area contributed by atoms with Crippen LogP contribution in [0.15, 0.2) is 18.2 Å². The van der Waals surface area contributed by atoms with Gasteiger partial charge in [-0.3, -0.25) is 0 Å². The maximum Gasteiger partial charge on any atom is 0.157 e. The second-order valence-corrected chi connectivity index (χ2v) is 5.75. The molecule has 0 spiro atoms. The topological polar surface area (TPSA) is 54.4 Å². The van der Waals surface area contributed by atoms with E-state index >= 15 is 0 Å². The van der Waals surface area contributed by atoms with Gasteiger partial charge in [0.05, 0.1) is 17.6 Å². The average molecular weight is 250 g/mol. The molecule has 0 saturated heterocycles. The summed E-state index contributed by atoms with van der Waals surface area (Å²) in [6.07, 6.45) is -1.03. The van der Waals surface area contributed by atoms with Crippen molar-refractivity contribution in [2.75, 3.05) is 5.75 Å². The third-order valence-corrected chi connectivity index (χ3v) is 3.62. The van der Waals surface area contributed by atoms with E-state index in [1.807, 2.05) is 0 Å². The van der Waals surface area contributed by atoms with Crippen molar-refractivity contribution in [1.82, 2.24) is 0 Å². The summed E-state index contributed by atoms with van der Waals surface area (Å²) in [7, 11) is -3.63. The minimum Gasteiger partial charge on any atom is -0.392 e. The van der Waals surface area contributed by atoms with Crippen molar-refractivity contribution in [2.45, 2.75) is 18.8 Å². The Balaban J connectivity index is 2.92. The molecule has 3 nitrogen and oxygen atoms in total. The minimum absolute atomic E-state index is 0.222. The van der Waals surface area contributed by atoms with Crippen molar-refractivity contribution in [3.05, 3.63) is 35.4 Å². The molecular formula is C10H12F2O3S. The van der Waals surface area contributed by atoms with Crippen molar-refractivity contribution in [3.8, 4) is 0 Å². The van der Waals surface area contributed by atoms with E-state index in [1.165, 1.54) is 6.92 Å². The van der Waals surface area contributed by atoms with Gasteiger partial charge in [0.15, 0.2) is 9.84 Å². The van der Waals surface area contributed by atoms with Gasteiger partial charge in [-0.1, -0.05) is 0 Å². The zero-order valence-corrected chi connectivity index (χ0v) is 9.47. The summed E-state index contributed by atoms with van der Waals surface area (Å²) in [6.45, 7) is 1.32. The fourth-order valence-electron chi connectivity index (χ4n) is 1.32.